The molecule has 5 rings (SSSR count). The van der Waals surface area contributed by atoms with Crippen LogP contribution in [0.25, 0.3) is 11.0 Å². The van der Waals surface area contributed by atoms with Crippen molar-refractivity contribution in [2.45, 2.75) is 16.7 Å². The first-order chi connectivity index (χ1) is 15.7. The molecule has 0 aliphatic rings. The van der Waals surface area contributed by atoms with Crippen LogP contribution in [0.5, 0.6) is 0 Å². The molecule has 0 saturated heterocycles. The van der Waals surface area contributed by atoms with Crippen LogP contribution < -0.4 is 0 Å². The van der Waals surface area contributed by atoms with Crippen molar-refractivity contribution in [3.8, 4) is 0 Å². The lowest BCUT2D eigenvalue weighted by molar-refractivity contribution is 0.757. The molecule has 1 unspecified atom stereocenters. The molecule has 1 heterocycles. The quantitative estimate of drug-likeness (QED) is 0.230. The number of aromatic nitrogens is 2. The van der Waals surface area contributed by atoms with Gasteiger partial charge in [0.25, 0.3) is 0 Å². The molecule has 0 N–H and O–H groups in total. The van der Waals surface area contributed by atoms with Crippen molar-refractivity contribution in [2.75, 3.05) is 0 Å². The first-order valence-corrected chi connectivity index (χ1v) is 12.0. The summed E-state index contributed by atoms with van der Waals surface area (Å²) in [5, 5.41) is 1.32. The van der Waals surface area contributed by atoms with Crippen molar-refractivity contribution >= 4 is 46.0 Å². The molecule has 0 aliphatic heterocycles. The highest BCUT2D eigenvalue weighted by Gasteiger charge is 2.24. The van der Waals surface area contributed by atoms with Crippen molar-refractivity contribution in [3.05, 3.63) is 130 Å². The maximum Gasteiger partial charge on any atom is 0.128 e. The third-order valence-electron chi connectivity index (χ3n) is 5.36. The summed E-state index contributed by atoms with van der Waals surface area (Å²) >= 11 is 14.5. The van der Waals surface area contributed by atoms with Gasteiger partial charge in [-0.3, -0.25) is 0 Å². The third-order valence-corrected chi connectivity index (χ3v) is 7.21. The van der Waals surface area contributed by atoms with Crippen LogP contribution in [0.4, 0.5) is 0 Å². The van der Waals surface area contributed by atoms with Gasteiger partial charge in [0, 0.05) is 14.9 Å². The Morgan fingerprint density at radius 3 is 2.22 bits per heavy atom. The molecule has 1 atom stereocenters. The summed E-state index contributed by atoms with van der Waals surface area (Å²) in [7, 11) is 0. The lowest BCUT2D eigenvalue weighted by Gasteiger charge is -2.19. The van der Waals surface area contributed by atoms with Gasteiger partial charge in [0.15, 0.2) is 0 Å². The van der Waals surface area contributed by atoms with Gasteiger partial charge in [-0.15, -0.1) is 11.8 Å². The Hall–Kier alpha value is -2.72. The highest BCUT2D eigenvalue weighted by atomic mass is 35.5. The van der Waals surface area contributed by atoms with Gasteiger partial charge in [0.1, 0.15) is 5.82 Å². The number of halogens is 2. The number of rotatable bonds is 6. The van der Waals surface area contributed by atoms with E-state index >= 15 is 0 Å². The maximum absolute atomic E-state index is 6.55. The summed E-state index contributed by atoms with van der Waals surface area (Å²) in [6.07, 6.45) is 0. The molecule has 0 radical (unpaired) electrons. The van der Waals surface area contributed by atoms with Crippen molar-refractivity contribution in [2.24, 2.45) is 0 Å². The van der Waals surface area contributed by atoms with E-state index < -0.39 is 0 Å². The SMILES string of the molecule is Clc1ccc(Cn2c(C(Sc3ccccc3)c3ccccc3)nc3ccccc32)c(Cl)c1. The van der Waals surface area contributed by atoms with E-state index in [-0.39, 0.29) is 5.25 Å². The number of hydrogen-bond donors (Lipinski definition) is 0. The summed E-state index contributed by atoms with van der Waals surface area (Å²) in [6.45, 7) is 0.616. The Morgan fingerprint density at radius 1 is 0.781 bits per heavy atom. The second kappa shape index (κ2) is 9.41. The molecule has 0 spiro atoms. The minimum Gasteiger partial charge on any atom is -0.322 e. The fourth-order valence-corrected chi connectivity index (χ4v) is 5.45. The second-order valence-corrected chi connectivity index (χ2v) is 9.52. The van der Waals surface area contributed by atoms with Gasteiger partial charge in [0.2, 0.25) is 0 Å². The molecule has 5 aromatic rings. The number of fused-ring (bicyclic) bond motifs is 1. The molecule has 158 valence electrons. The van der Waals surface area contributed by atoms with Crippen LogP contribution >= 0.6 is 35.0 Å². The predicted molar refractivity (Wildman–Crippen MR) is 136 cm³/mol. The van der Waals surface area contributed by atoms with Gasteiger partial charge in [-0.2, -0.15) is 0 Å². The normalized spacial score (nSPS) is 12.2. The van der Waals surface area contributed by atoms with E-state index in [4.69, 9.17) is 28.2 Å². The van der Waals surface area contributed by atoms with Crippen LogP contribution in [0.2, 0.25) is 10.0 Å². The topological polar surface area (TPSA) is 17.8 Å². The molecule has 4 aromatic carbocycles. The van der Waals surface area contributed by atoms with Crippen LogP contribution in [0.15, 0.2) is 108 Å². The van der Waals surface area contributed by atoms with Gasteiger partial charge in [0.05, 0.1) is 22.8 Å². The number of benzene rings is 4. The largest absolute Gasteiger partial charge is 0.322 e. The summed E-state index contributed by atoms with van der Waals surface area (Å²) in [6, 6.07) is 34.9. The first kappa shape index (κ1) is 21.1. The minimum atomic E-state index is 0.0251. The average Bonchev–Trinajstić information content (AvgIpc) is 3.18. The summed E-state index contributed by atoms with van der Waals surface area (Å²) in [4.78, 5) is 6.30. The van der Waals surface area contributed by atoms with Gasteiger partial charge >= 0.3 is 0 Å². The Morgan fingerprint density at radius 2 is 1.47 bits per heavy atom. The monoisotopic (exact) mass is 474 g/mol. The van der Waals surface area contributed by atoms with Gasteiger partial charge in [-0.05, 0) is 47.5 Å². The first-order valence-electron chi connectivity index (χ1n) is 10.3. The molecule has 0 amide bonds. The van der Waals surface area contributed by atoms with Gasteiger partial charge < -0.3 is 4.57 Å². The Balaban J connectivity index is 1.67. The summed E-state index contributed by atoms with van der Waals surface area (Å²) in [5.74, 6) is 0.997. The van der Waals surface area contributed by atoms with E-state index in [1.165, 1.54) is 10.5 Å². The highest BCUT2D eigenvalue weighted by Crippen LogP contribution is 2.41. The van der Waals surface area contributed by atoms with E-state index in [0.29, 0.717) is 16.6 Å². The van der Waals surface area contributed by atoms with Crippen molar-refractivity contribution in [1.82, 2.24) is 9.55 Å². The van der Waals surface area contributed by atoms with Crippen LogP contribution in [0.1, 0.15) is 22.2 Å². The van der Waals surface area contributed by atoms with Crippen molar-refractivity contribution in [1.29, 1.82) is 0 Å². The van der Waals surface area contributed by atoms with Crippen molar-refractivity contribution < 1.29 is 0 Å². The van der Waals surface area contributed by atoms with E-state index in [1.54, 1.807) is 17.8 Å². The molecule has 0 fully saturated rings. The van der Waals surface area contributed by atoms with Crippen LogP contribution in [-0.2, 0) is 6.54 Å². The zero-order valence-corrected chi connectivity index (χ0v) is 19.5. The van der Waals surface area contributed by atoms with Crippen LogP contribution in [0, 0.1) is 0 Å². The van der Waals surface area contributed by atoms with E-state index in [9.17, 15) is 0 Å². The zero-order valence-electron chi connectivity index (χ0n) is 17.2. The lowest BCUT2D eigenvalue weighted by atomic mass is 10.1. The van der Waals surface area contributed by atoms with Crippen molar-refractivity contribution in [3.63, 3.8) is 0 Å². The molecule has 0 saturated carbocycles. The van der Waals surface area contributed by atoms with Gasteiger partial charge in [-0.1, -0.05) is 89.9 Å². The fraction of sp³-hybridized carbons (Fsp3) is 0.0741. The van der Waals surface area contributed by atoms with E-state index in [0.717, 1.165) is 22.4 Å². The maximum atomic E-state index is 6.55. The van der Waals surface area contributed by atoms with Gasteiger partial charge in [-0.25, -0.2) is 4.98 Å². The number of nitrogens with zero attached hydrogens (tertiary/aromatic N) is 2. The summed E-state index contributed by atoms with van der Waals surface area (Å²) in [5.41, 5.74) is 4.28. The van der Waals surface area contributed by atoms with Crippen LogP contribution in [-0.4, -0.2) is 9.55 Å². The molecule has 5 heteroatoms. The fourth-order valence-electron chi connectivity index (χ4n) is 3.81. The molecule has 0 aliphatic carbocycles. The number of para-hydroxylation sites is 2. The molecular weight excluding hydrogens is 455 g/mol. The highest BCUT2D eigenvalue weighted by molar-refractivity contribution is 7.99. The number of imidazole rings is 1. The second-order valence-electron chi connectivity index (χ2n) is 7.50. The number of thioether (sulfide) groups is 1. The van der Waals surface area contributed by atoms with Crippen LogP contribution in [0.3, 0.4) is 0 Å². The molecule has 32 heavy (non-hydrogen) atoms. The molecule has 1 aromatic heterocycles. The molecule has 2 nitrogen and oxygen atoms in total. The minimum absolute atomic E-state index is 0.0251. The Kier molecular flexibility index (Phi) is 6.22. The van der Waals surface area contributed by atoms with E-state index in [2.05, 4.69) is 71.3 Å². The lowest BCUT2D eigenvalue weighted by Crippen LogP contribution is -2.10. The number of hydrogen-bond acceptors (Lipinski definition) is 2. The van der Waals surface area contributed by atoms with E-state index in [1.807, 2.05) is 30.3 Å². The zero-order chi connectivity index (χ0) is 21.9. The smallest absolute Gasteiger partial charge is 0.128 e. The predicted octanol–water partition coefficient (Wildman–Crippen LogP) is 8.27. The molecular formula is C27H20Cl2N2S. The standard InChI is InChI=1S/C27H20Cl2N2S/c28-21-16-15-20(23(29)17-21)18-31-25-14-8-7-13-24(25)30-27(31)26(19-9-3-1-4-10-19)32-22-11-5-2-6-12-22/h1-17,26H,18H2. The Labute approximate surface area is 201 Å². The third kappa shape index (κ3) is 4.42. The average molecular weight is 475 g/mol. The molecule has 0 bridgehead atoms. The summed E-state index contributed by atoms with van der Waals surface area (Å²) < 4.78 is 2.28. The Bertz CT molecular complexity index is 1350.